The van der Waals surface area contributed by atoms with Gasteiger partial charge in [0.1, 0.15) is 5.56 Å². The minimum Gasteiger partial charge on any atom is -0.479 e. The zero-order valence-electron chi connectivity index (χ0n) is 15.3. The van der Waals surface area contributed by atoms with Crippen LogP contribution in [0.2, 0.25) is 0 Å². The number of aromatic nitrogens is 4. The number of hydrogen-bond acceptors (Lipinski definition) is 7. The van der Waals surface area contributed by atoms with Crippen LogP contribution < -0.4 is 15.0 Å². The van der Waals surface area contributed by atoms with E-state index in [0.717, 1.165) is 5.69 Å². The molecule has 1 unspecified atom stereocenters. The first-order valence-corrected chi connectivity index (χ1v) is 8.63. The summed E-state index contributed by atoms with van der Waals surface area (Å²) in [6, 6.07) is 9.36. The molecule has 0 aliphatic carbocycles. The number of ether oxygens (including phenoxy) is 1. The van der Waals surface area contributed by atoms with Gasteiger partial charge in [-0.05, 0) is 12.1 Å². The van der Waals surface area contributed by atoms with Crippen molar-refractivity contribution in [2.75, 3.05) is 23.9 Å². The van der Waals surface area contributed by atoms with Crippen molar-refractivity contribution in [3.63, 3.8) is 0 Å². The maximum atomic E-state index is 12.4. The number of nitrogens with one attached hydrogen (secondary N) is 1. The lowest BCUT2D eigenvalue weighted by molar-refractivity contribution is -0.117. The van der Waals surface area contributed by atoms with Crippen molar-refractivity contribution in [3.05, 3.63) is 48.0 Å². The van der Waals surface area contributed by atoms with Crippen LogP contribution in [0, 0.1) is 0 Å². The minimum atomic E-state index is -0.478. The standard InChI is InChI=1S/C18H18N6O4/c1-23-10-13(17(22-23)27-2)15(26)19-18-21-20-16(28-18)11-8-14(25)24(9-11)12-6-4-3-5-7-12/h3-7,10-11H,8-9H2,1-2H3,(H,19,21,26). The quantitative estimate of drug-likeness (QED) is 0.712. The van der Waals surface area contributed by atoms with E-state index < -0.39 is 5.91 Å². The van der Waals surface area contributed by atoms with Crippen molar-refractivity contribution >= 4 is 23.5 Å². The Hall–Kier alpha value is -3.69. The van der Waals surface area contributed by atoms with Crippen LogP contribution in [0.25, 0.3) is 0 Å². The van der Waals surface area contributed by atoms with Crippen molar-refractivity contribution in [1.29, 1.82) is 0 Å². The Balaban J connectivity index is 1.46. The first-order valence-electron chi connectivity index (χ1n) is 8.63. The molecule has 3 heterocycles. The summed E-state index contributed by atoms with van der Waals surface area (Å²) in [7, 11) is 3.11. The summed E-state index contributed by atoms with van der Waals surface area (Å²) < 4.78 is 12.1. The van der Waals surface area contributed by atoms with Gasteiger partial charge >= 0.3 is 6.01 Å². The number of para-hydroxylation sites is 1. The van der Waals surface area contributed by atoms with Gasteiger partial charge < -0.3 is 14.1 Å². The summed E-state index contributed by atoms with van der Waals surface area (Å²) in [5, 5.41) is 14.4. The van der Waals surface area contributed by atoms with E-state index in [1.807, 2.05) is 30.3 Å². The van der Waals surface area contributed by atoms with E-state index >= 15 is 0 Å². The molecule has 2 amide bonds. The molecule has 0 bridgehead atoms. The van der Waals surface area contributed by atoms with E-state index in [4.69, 9.17) is 9.15 Å². The predicted molar refractivity (Wildman–Crippen MR) is 98.2 cm³/mol. The fourth-order valence-electron chi connectivity index (χ4n) is 3.12. The van der Waals surface area contributed by atoms with Gasteiger partial charge in [0, 0.05) is 31.9 Å². The number of methoxy groups -OCH3 is 1. The highest BCUT2D eigenvalue weighted by Crippen LogP contribution is 2.31. The molecule has 3 aromatic rings. The van der Waals surface area contributed by atoms with Crippen molar-refractivity contribution < 1.29 is 18.7 Å². The molecule has 28 heavy (non-hydrogen) atoms. The molecule has 1 aliphatic rings. The smallest absolute Gasteiger partial charge is 0.322 e. The molecule has 10 heteroatoms. The van der Waals surface area contributed by atoms with Crippen molar-refractivity contribution in [1.82, 2.24) is 20.0 Å². The fourth-order valence-corrected chi connectivity index (χ4v) is 3.12. The third-order valence-electron chi connectivity index (χ3n) is 4.44. The summed E-state index contributed by atoms with van der Waals surface area (Å²) in [6.07, 6.45) is 1.79. The molecule has 1 aromatic carbocycles. The Morgan fingerprint density at radius 2 is 2.07 bits per heavy atom. The second-order valence-electron chi connectivity index (χ2n) is 6.37. The van der Waals surface area contributed by atoms with E-state index in [1.54, 1.807) is 11.9 Å². The third kappa shape index (κ3) is 3.31. The number of amides is 2. The first kappa shape index (κ1) is 17.7. The Morgan fingerprint density at radius 3 is 2.82 bits per heavy atom. The topological polar surface area (TPSA) is 115 Å². The Labute approximate surface area is 160 Å². The number of aryl methyl sites for hydroxylation is 1. The number of hydrogen-bond donors (Lipinski definition) is 1. The van der Waals surface area contributed by atoms with Gasteiger partial charge in [-0.25, -0.2) is 0 Å². The van der Waals surface area contributed by atoms with Crippen LogP contribution in [0.4, 0.5) is 11.7 Å². The number of anilines is 2. The van der Waals surface area contributed by atoms with Gasteiger partial charge in [-0.3, -0.25) is 19.6 Å². The van der Waals surface area contributed by atoms with Gasteiger partial charge in [-0.1, -0.05) is 23.3 Å². The molecule has 0 saturated carbocycles. The summed E-state index contributed by atoms with van der Waals surface area (Å²) in [6.45, 7) is 0.439. The summed E-state index contributed by atoms with van der Waals surface area (Å²) >= 11 is 0. The second-order valence-corrected chi connectivity index (χ2v) is 6.37. The SMILES string of the molecule is COc1nn(C)cc1C(=O)Nc1nnc(C2CC(=O)N(c3ccccc3)C2)o1. The average Bonchev–Trinajstić information content (AvgIpc) is 3.40. The summed E-state index contributed by atoms with van der Waals surface area (Å²) in [4.78, 5) is 26.4. The van der Waals surface area contributed by atoms with E-state index in [0.29, 0.717) is 12.4 Å². The Kier molecular flexibility index (Phi) is 4.52. The van der Waals surface area contributed by atoms with Gasteiger partial charge in [0.25, 0.3) is 5.91 Å². The lowest BCUT2D eigenvalue weighted by atomic mass is 10.1. The number of rotatable bonds is 5. The highest BCUT2D eigenvalue weighted by atomic mass is 16.5. The predicted octanol–water partition coefficient (Wildman–Crippen LogP) is 1.58. The van der Waals surface area contributed by atoms with Gasteiger partial charge in [0.2, 0.25) is 17.7 Å². The molecule has 1 aliphatic heterocycles. The second kappa shape index (κ2) is 7.14. The fraction of sp³-hybridized carbons (Fsp3) is 0.278. The number of carbonyl (C=O) groups is 2. The molecular weight excluding hydrogens is 364 g/mol. The average molecular weight is 382 g/mol. The number of benzene rings is 1. The van der Waals surface area contributed by atoms with Crippen LogP contribution in [-0.2, 0) is 11.8 Å². The third-order valence-corrected chi connectivity index (χ3v) is 4.44. The minimum absolute atomic E-state index is 0.0138. The van der Waals surface area contributed by atoms with Crippen molar-refractivity contribution in [2.45, 2.75) is 12.3 Å². The molecule has 4 rings (SSSR count). The number of carbonyl (C=O) groups excluding carboxylic acids is 2. The molecule has 144 valence electrons. The van der Waals surface area contributed by atoms with Gasteiger partial charge in [0.05, 0.1) is 13.0 Å². The molecule has 2 aromatic heterocycles. The van der Waals surface area contributed by atoms with Crippen LogP contribution in [-0.4, -0.2) is 45.4 Å². The Morgan fingerprint density at radius 1 is 1.29 bits per heavy atom. The van der Waals surface area contributed by atoms with Gasteiger partial charge in [0.15, 0.2) is 0 Å². The molecule has 1 N–H and O–H groups in total. The number of nitrogens with zero attached hydrogens (tertiary/aromatic N) is 5. The Bertz CT molecular complexity index is 1010. The van der Waals surface area contributed by atoms with Crippen LogP contribution >= 0.6 is 0 Å². The summed E-state index contributed by atoms with van der Waals surface area (Å²) in [5.74, 6) is -0.229. The van der Waals surface area contributed by atoms with Crippen molar-refractivity contribution in [3.8, 4) is 5.88 Å². The zero-order chi connectivity index (χ0) is 19.7. The first-order chi connectivity index (χ1) is 13.5. The molecular formula is C18H18N6O4. The normalized spacial score (nSPS) is 16.4. The van der Waals surface area contributed by atoms with E-state index in [-0.39, 0.29) is 35.7 Å². The van der Waals surface area contributed by atoms with Crippen LogP contribution in [0.1, 0.15) is 28.6 Å². The van der Waals surface area contributed by atoms with Crippen LogP contribution in [0.3, 0.4) is 0 Å². The molecule has 0 spiro atoms. The maximum absolute atomic E-state index is 12.4. The lowest BCUT2D eigenvalue weighted by Crippen LogP contribution is -2.24. The highest BCUT2D eigenvalue weighted by molar-refractivity contribution is 6.04. The highest BCUT2D eigenvalue weighted by Gasteiger charge is 2.35. The van der Waals surface area contributed by atoms with Crippen LogP contribution in [0.15, 0.2) is 40.9 Å². The monoisotopic (exact) mass is 382 g/mol. The van der Waals surface area contributed by atoms with E-state index in [9.17, 15) is 9.59 Å². The molecule has 10 nitrogen and oxygen atoms in total. The lowest BCUT2D eigenvalue weighted by Gasteiger charge is -2.15. The zero-order valence-corrected chi connectivity index (χ0v) is 15.3. The summed E-state index contributed by atoms with van der Waals surface area (Å²) in [5.41, 5.74) is 1.07. The molecule has 0 radical (unpaired) electrons. The van der Waals surface area contributed by atoms with Gasteiger partial charge in [-0.15, -0.1) is 10.2 Å². The van der Waals surface area contributed by atoms with Gasteiger partial charge in [-0.2, -0.15) is 0 Å². The maximum Gasteiger partial charge on any atom is 0.322 e. The largest absolute Gasteiger partial charge is 0.479 e. The van der Waals surface area contributed by atoms with Crippen LogP contribution in [0.5, 0.6) is 5.88 Å². The van der Waals surface area contributed by atoms with E-state index in [1.165, 1.54) is 18.0 Å². The molecule has 1 fully saturated rings. The van der Waals surface area contributed by atoms with E-state index in [2.05, 4.69) is 20.6 Å². The molecule has 1 saturated heterocycles. The van der Waals surface area contributed by atoms with Crippen molar-refractivity contribution in [2.24, 2.45) is 7.05 Å². The molecule has 1 atom stereocenters.